The predicted molar refractivity (Wildman–Crippen MR) is 77.5 cm³/mol. The van der Waals surface area contributed by atoms with Crippen LogP contribution in [0.4, 0.5) is 0 Å². The predicted octanol–water partition coefficient (Wildman–Crippen LogP) is 1.50. The van der Waals surface area contributed by atoms with Crippen LogP contribution in [0.2, 0.25) is 0 Å². The number of nitrogens with one attached hydrogen (secondary N) is 1. The van der Waals surface area contributed by atoms with Gasteiger partial charge in [-0.25, -0.2) is 0 Å². The van der Waals surface area contributed by atoms with Gasteiger partial charge in [-0.3, -0.25) is 4.90 Å². The maximum Gasteiger partial charge on any atom is 0.0594 e. The summed E-state index contributed by atoms with van der Waals surface area (Å²) in [5, 5.41) is 3.65. The molecule has 0 spiro atoms. The highest BCUT2D eigenvalue weighted by atomic mass is 16.5. The first kappa shape index (κ1) is 15.2. The molecular weight excluding hydrogens is 240 g/mol. The Hall–Kier alpha value is -0.160. The van der Waals surface area contributed by atoms with E-state index in [-0.39, 0.29) is 0 Å². The van der Waals surface area contributed by atoms with Gasteiger partial charge in [-0.05, 0) is 45.6 Å². The van der Waals surface area contributed by atoms with Gasteiger partial charge < -0.3 is 14.8 Å². The summed E-state index contributed by atoms with van der Waals surface area (Å²) in [6.07, 6.45) is 4.40. The molecule has 1 N–H and O–H groups in total. The third-order valence-corrected chi connectivity index (χ3v) is 4.28. The average molecular weight is 270 g/mol. The fourth-order valence-electron chi connectivity index (χ4n) is 3.05. The van der Waals surface area contributed by atoms with Crippen molar-refractivity contribution in [2.24, 2.45) is 5.92 Å². The lowest BCUT2D eigenvalue weighted by Gasteiger charge is -2.35. The molecule has 1 heterocycles. The maximum atomic E-state index is 5.60. The molecule has 112 valence electrons. The van der Waals surface area contributed by atoms with Crippen molar-refractivity contribution in [2.75, 3.05) is 46.0 Å². The van der Waals surface area contributed by atoms with Gasteiger partial charge in [-0.1, -0.05) is 0 Å². The molecule has 2 fully saturated rings. The van der Waals surface area contributed by atoms with Gasteiger partial charge in [0.15, 0.2) is 0 Å². The van der Waals surface area contributed by atoms with E-state index >= 15 is 0 Å². The smallest absolute Gasteiger partial charge is 0.0594 e. The summed E-state index contributed by atoms with van der Waals surface area (Å²) in [6, 6.07) is 0.584. The molecule has 1 saturated heterocycles. The molecule has 1 aliphatic heterocycles. The Morgan fingerprint density at radius 3 is 2.74 bits per heavy atom. The zero-order valence-electron chi connectivity index (χ0n) is 12.6. The lowest BCUT2D eigenvalue weighted by atomic mass is 9.80. The van der Waals surface area contributed by atoms with Crippen LogP contribution >= 0.6 is 0 Å². The summed E-state index contributed by atoms with van der Waals surface area (Å²) in [4.78, 5) is 2.50. The molecule has 0 amide bonds. The first-order valence-corrected chi connectivity index (χ1v) is 7.93. The van der Waals surface area contributed by atoms with Gasteiger partial charge in [-0.15, -0.1) is 0 Å². The number of ether oxygens (including phenoxy) is 2. The number of hydrogen-bond donors (Lipinski definition) is 1. The molecule has 19 heavy (non-hydrogen) atoms. The highest BCUT2D eigenvalue weighted by molar-refractivity contribution is 4.81. The molecule has 1 aliphatic carbocycles. The minimum atomic E-state index is 0.556. The SMILES string of the molecule is CCOC1CC(CCNC(C)CN2CCOCC2)C1. The van der Waals surface area contributed by atoms with Gasteiger partial charge in [0.2, 0.25) is 0 Å². The lowest BCUT2D eigenvalue weighted by Crippen LogP contribution is -2.45. The molecule has 1 saturated carbocycles. The molecule has 0 aromatic carbocycles. The molecule has 2 rings (SSSR count). The molecule has 0 radical (unpaired) electrons. The van der Waals surface area contributed by atoms with E-state index in [4.69, 9.17) is 9.47 Å². The van der Waals surface area contributed by atoms with Gasteiger partial charge in [0, 0.05) is 32.3 Å². The van der Waals surface area contributed by atoms with Crippen LogP contribution in [0.15, 0.2) is 0 Å². The fourth-order valence-corrected chi connectivity index (χ4v) is 3.05. The fraction of sp³-hybridized carbons (Fsp3) is 1.00. The summed E-state index contributed by atoms with van der Waals surface area (Å²) in [6.45, 7) is 11.5. The van der Waals surface area contributed by atoms with E-state index in [9.17, 15) is 0 Å². The first-order valence-electron chi connectivity index (χ1n) is 7.93. The molecular formula is C15H30N2O2. The third kappa shape index (κ3) is 5.38. The Kier molecular flexibility index (Phi) is 6.57. The van der Waals surface area contributed by atoms with Crippen molar-refractivity contribution in [3.63, 3.8) is 0 Å². The summed E-state index contributed by atoms with van der Waals surface area (Å²) in [5.41, 5.74) is 0. The molecule has 4 nitrogen and oxygen atoms in total. The van der Waals surface area contributed by atoms with E-state index in [0.717, 1.165) is 51.9 Å². The first-order chi connectivity index (χ1) is 9.28. The van der Waals surface area contributed by atoms with Crippen molar-refractivity contribution in [1.82, 2.24) is 10.2 Å². The second-order valence-electron chi connectivity index (χ2n) is 5.97. The molecule has 0 aromatic rings. The standard InChI is InChI=1S/C15H30N2O2/c1-3-19-15-10-14(11-15)4-5-16-13(2)12-17-6-8-18-9-7-17/h13-16H,3-12H2,1-2H3. The van der Waals surface area contributed by atoms with E-state index in [1.807, 2.05) is 0 Å². The van der Waals surface area contributed by atoms with Crippen LogP contribution in [0, 0.1) is 5.92 Å². The van der Waals surface area contributed by atoms with Crippen LogP contribution in [0.25, 0.3) is 0 Å². The Morgan fingerprint density at radius 2 is 2.05 bits per heavy atom. The highest BCUT2D eigenvalue weighted by Crippen LogP contribution is 2.32. The van der Waals surface area contributed by atoms with Crippen molar-refractivity contribution >= 4 is 0 Å². The highest BCUT2D eigenvalue weighted by Gasteiger charge is 2.28. The monoisotopic (exact) mass is 270 g/mol. The van der Waals surface area contributed by atoms with Crippen molar-refractivity contribution in [3.05, 3.63) is 0 Å². The van der Waals surface area contributed by atoms with Crippen molar-refractivity contribution in [2.45, 2.75) is 45.3 Å². The van der Waals surface area contributed by atoms with Crippen LogP contribution in [-0.2, 0) is 9.47 Å². The van der Waals surface area contributed by atoms with E-state index in [1.54, 1.807) is 0 Å². The largest absolute Gasteiger partial charge is 0.379 e. The van der Waals surface area contributed by atoms with E-state index in [1.165, 1.54) is 19.3 Å². The van der Waals surface area contributed by atoms with Crippen molar-refractivity contribution in [3.8, 4) is 0 Å². The topological polar surface area (TPSA) is 33.7 Å². The Balaban J connectivity index is 1.46. The molecule has 0 aromatic heterocycles. The minimum Gasteiger partial charge on any atom is -0.379 e. The van der Waals surface area contributed by atoms with Gasteiger partial charge >= 0.3 is 0 Å². The van der Waals surface area contributed by atoms with Crippen LogP contribution in [0.5, 0.6) is 0 Å². The molecule has 2 aliphatic rings. The summed E-state index contributed by atoms with van der Waals surface area (Å²) >= 11 is 0. The van der Waals surface area contributed by atoms with E-state index in [2.05, 4.69) is 24.1 Å². The Morgan fingerprint density at radius 1 is 1.32 bits per heavy atom. The summed E-state index contributed by atoms with van der Waals surface area (Å²) in [5.74, 6) is 0.889. The van der Waals surface area contributed by atoms with Gasteiger partial charge in [0.1, 0.15) is 0 Å². The van der Waals surface area contributed by atoms with Gasteiger partial charge in [0.25, 0.3) is 0 Å². The Labute approximate surface area is 117 Å². The van der Waals surface area contributed by atoms with E-state index < -0.39 is 0 Å². The Bertz CT molecular complexity index is 238. The van der Waals surface area contributed by atoms with Crippen molar-refractivity contribution < 1.29 is 9.47 Å². The summed E-state index contributed by atoms with van der Waals surface area (Å²) < 4.78 is 11.0. The quantitative estimate of drug-likeness (QED) is 0.725. The molecule has 1 atom stereocenters. The normalized spacial score (nSPS) is 30.0. The molecule has 0 bridgehead atoms. The van der Waals surface area contributed by atoms with Gasteiger partial charge in [0.05, 0.1) is 19.3 Å². The summed E-state index contributed by atoms with van der Waals surface area (Å²) in [7, 11) is 0. The zero-order valence-corrected chi connectivity index (χ0v) is 12.6. The second kappa shape index (κ2) is 8.20. The zero-order chi connectivity index (χ0) is 13.5. The molecule has 1 unspecified atom stereocenters. The molecule has 4 heteroatoms. The van der Waals surface area contributed by atoms with Crippen LogP contribution < -0.4 is 5.32 Å². The second-order valence-corrected chi connectivity index (χ2v) is 5.97. The number of morpholine rings is 1. The maximum absolute atomic E-state index is 5.60. The van der Waals surface area contributed by atoms with Crippen LogP contribution in [0.1, 0.15) is 33.1 Å². The van der Waals surface area contributed by atoms with Crippen molar-refractivity contribution in [1.29, 1.82) is 0 Å². The number of hydrogen-bond acceptors (Lipinski definition) is 4. The number of rotatable bonds is 8. The van der Waals surface area contributed by atoms with Crippen LogP contribution in [-0.4, -0.2) is 63.0 Å². The lowest BCUT2D eigenvalue weighted by molar-refractivity contribution is -0.0265. The third-order valence-electron chi connectivity index (χ3n) is 4.28. The number of nitrogens with zero attached hydrogens (tertiary/aromatic N) is 1. The average Bonchev–Trinajstić information content (AvgIpc) is 2.37. The minimum absolute atomic E-state index is 0.556. The van der Waals surface area contributed by atoms with Crippen LogP contribution in [0.3, 0.4) is 0 Å². The van der Waals surface area contributed by atoms with E-state index in [0.29, 0.717) is 12.1 Å². The van der Waals surface area contributed by atoms with Gasteiger partial charge in [-0.2, -0.15) is 0 Å².